The number of hydrogen-bond donors (Lipinski definition) is 1. The minimum Gasteiger partial charge on any atom is -0.497 e. The molecule has 4 rings (SSSR count). The Morgan fingerprint density at radius 2 is 1.77 bits per heavy atom. The van der Waals surface area contributed by atoms with Crippen molar-refractivity contribution in [1.82, 2.24) is 9.97 Å². The molecular formula is C26H25N3O2. The number of anilines is 1. The predicted molar refractivity (Wildman–Crippen MR) is 124 cm³/mol. The molecule has 0 radical (unpaired) electrons. The fraction of sp³-hybridized carbons (Fsp3) is 0.192. The van der Waals surface area contributed by atoms with Gasteiger partial charge in [0, 0.05) is 5.56 Å². The fourth-order valence-corrected chi connectivity index (χ4v) is 3.55. The average Bonchev–Trinajstić information content (AvgIpc) is 2.80. The molecule has 0 spiro atoms. The zero-order valence-corrected chi connectivity index (χ0v) is 17.8. The van der Waals surface area contributed by atoms with E-state index in [1.54, 1.807) is 13.3 Å². The number of amides is 1. The molecular weight excluding hydrogens is 386 g/mol. The molecule has 1 N–H and O–H groups in total. The summed E-state index contributed by atoms with van der Waals surface area (Å²) >= 11 is 0. The standard InChI is InChI=1S/C26H25N3O2/c1-3-6-23-26(27-17-24(28-23)20-11-13-22(31-2)14-12-20)29-25(30)16-18-9-10-19-7-4-5-8-21(19)15-18/h4-5,7-15,17H,3,6,16H2,1-2H3,(H,27,29,30). The number of carbonyl (C=O) groups excluding carboxylic acids is 1. The first-order valence-corrected chi connectivity index (χ1v) is 10.4. The van der Waals surface area contributed by atoms with Crippen LogP contribution in [0.3, 0.4) is 0 Å². The van der Waals surface area contributed by atoms with Gasteiger partial charge in [-0.05, 0) is 47.0 Å². The van der Waals surface area contributed by atoms with E-state index in [-0.39, 0.29) is 12.3 Å². The Kier molecular flexibility index (Phi) is 6.22. The van der Waals surface area contributed by atoms with Crippen molar-refractivity contribution in [2.75, 3.05) is 12.4 Å². The number of hydrogen-bond acceptors (Lipinski definition) is 4. The first-order chi connectivity index (χ1) is 15.2. The Morgan fingerprint density at radius 3 is 2.52 bits per heavy atom. The van der Waals surface area contributed by atoms with E-state index in [1.165, 1.54) is 0 Å². The topological polar surface area (TPSA) is 64.1 Å². The van der Waals surface area contributed by atoms with Crippen molar-refractivity contribution >= 4 is 22.5 Å². The van der Waals surface area contributed by atoms with Crippen LogP contribution < -0.4 is 10.1 Å². The molecule has 0 aliphatic heterocycles. The maximum absolute atomic E-state index is 12.7. The summed E-state index contributed by atoms with van der Waals surface area (Å²) in [7, 11) is 1.64. The lowest BCUT2D eigenvalue weighted by molar-refractivity contribution is -0.115. The van der Waals surface area contributed by atoms with Crippen LogP contribution in [0.5, 0.6) is 5.75 Å². The largest absolute Gasteiger partial charge is 0.497 e. The molecule has 0 bridgehead atoms. The smallest absolute Gasteiger partial charge is 0.229 e. The van der Waals surface area contributed by atoms with E-state index in [9.17, 15) is 4.79 Å². The van der Waals surface area contributed by atoms with Crippen molar-refractivity contribution in [2.45, 2.75) is 26.2 Å². The summed E-state index contributed by atoms with van der Waals surface area (Å²) in [4.78, 5) is 22.0. The Balaban J connectivity index is 1.52. The molecule has 1 amide bonds. The summed E-state index contributed by atoms with van der Waals surface area (Å²) in [5, 5.41) is 5.25. The SMILES string of the molecule is CCCc1nc(-c2ccc(OC)cc2)cnc1NC(=O)Cc1ccc2ccccc2c1. The van der Waals surface area contributed by atoms with E-state index in [1.807, 2.05) is 48.5 Å². The first-order valence-electron chi connectivity index (χ1n) is 10.4. The summed E-state index contributed by atoms with van der Waals surface area (Å²) in [6.07, 6.45) is 3.64. The number of methoxy groups -OCH3 is 1. The van der Waals surface area contributed by atoms with Crippen LogP contribution in [0.25, 0.3) is 22.0 Å². The van der Waals surface area contributed by atoms with Crippen LogP contribution in [0.15, 0.2) is 72.9 Å². The number of benzene rings is 3. The lowest BCUT2D eigenvalue weighted by Gasteiger charge is -2.11. The van der Waals surface area contributed by atoms with Crippen molar-refractivity contribution in [3.05, 3.63) is 84.2 Å². The Morgan fingerprint density at radius 1 is 1.00 bits per heavy atom. The lowest BCUT2D eigenvalue weighted by Crippen LogP contribution is -2.17. The highest BCUT2D eigenvalue weighted by molar-refractivity contribution is 5.93. The van der Waals surface area contributed by atoms with Crippen molar-refractivity contribution in [2.24, 2.45) is 0 Å². The van der Waals surface area contributed by atoms with Gasteiger partial charge >= 0.3 is 0 Å². The molecule has 0 aliphatic rings. The van der Waals surface area contributed by atoms with Gasteiger partial charge in [-0.3, -0.25) is 4.79 Å². The van der Waals surface area contributed by atoms with Gasteiger partial charge < -0.3 is 10.1 Å². The molecule has 1 aromatic heterocycles. The number of nitrogens with zero attached hydrogens (tertiary/aromatic N) is 2. The molecule has 4 aromatic rings. The maximum Gasteiger partial charge on any atom is 0.229 e. The third-order valence-corrected chi connectivity index (χ3v) is 5.15. The number of aromatic nitrogens is 2. The number of carbonyl (C=O) groups is 1. The summed E-state index contributed by atoms with van der Waals surface area (Å²) in [5.41, 5.74) is 3.50. The van der Waals surface area contributed by atoms with E-state index < -0.39 is 0 Å². The highest BCUT2D eigenvalue weighted by atomic mass is 16.5. The van der Waals surface area contributed by atoms with Crippen LogP contribution in [0.2, 0.25) is 0 Å². The van der Waals surface area contributed by atoms with Crippen LogP contribution in [0.1, 0.15) is 24.6 Å². The second-order valence-electron chi connectivity index (χ2n) is 7.44. The van der Waals surface area contributed by atoms with Crippen molar-refractivity contribution < 1.29 is 9.53 Å². The molecule has 0 saturated carbocycles. The van der Waals surface area contributed by atoms with E-state index >= 15 is 0 Å². The van der Waals surface area contributed by atoms with E-state index in [0.29, 0.717) is 5.82 Å². The molecule has 156 valence electrons. The highest BCUT2D eigenvalue weighted by Gasteiger charge is 2.12. The fourth-order valence-electron chi connectivity index (χ4n) is 3.55. The van der Waals surface area contributed by atoms with Crippen LogP contribution in [-0.2, 0) is 17.6 Å². The lowest BCUT2D eigenvalue weighted by atomic mass is 10.0. The van der Waals surface area contributed by atoms with Gasteiger partial charge in [0.2, 0.25) is 5.91 Å². The number of aryl methyl sites for hydroxylation is 1. The Bertz CT molecular complexity index is 1200. The maximum atomic E-state index is 12.7. The van der Waals surface area contributed by atoms with Crippen LogP contribution in [-0.4, -0.2) is 23.0 Å². The number of ether oxygens (including phenoxy) is 1. The molecule has 0 aliphatic carbocycles. The Labute approximate surface area is 182 Å². The molecule has 5 heteroatoms. The van der Waals surface area contributed by atoms with Crippen LogP contribution in [0.4, 0.5) is 5.82 Å². The number of nitrogens with one attached hydrogen (secondary N) is 1. The van der Waals surface area contributed by atoms with Gasteiger partial charge in [-0.15, -0.1) is 0 Å². The highest BCUT2D eigenvalue weighted by Crippen LogP contribution is 2.23. The van der Waals surface area contributed by atoms with Crippen molar-refractivity contribution in [3.63, 3.8) is 0 Å². The molecule has 0 atom stereocenters. The number of fused-ring (bicyclic) bond motifs is 1. The Hall–Kier alpha value is -3.73. The monoisotopic (exact) mass is 411 g/mol. The molecule has 1 heterocycles. The van der Waals surface area contributed by atoms with Crippen molar-refractivity contribution in [3.8, 4) is 17.0 Å². The zero-order valence-electron chi connectivity index (χ0n) is 17.8. The molecule has 0 saturated heterocycles. The van der Waals surface area contributed by atoms with Crippen LogP contribution in [0, 0.1) is 0 Å². The van der Waals surface area contributed by atoms with Gasteiger partial charge in [-0.25, -0.2) is 9.97 Å². The minimum absolute atomic E-state index is 0.0980. The second kappa shape index (κ2) is 9.39. The molecule has 0 unspecified atom stereocenters. The van der Waals surface area contributed by atoms with E-state index in [4.69, 9.17) is 9.72 Å². The third-order valence-electron chi connectivity index (χ3n) is 5.15. The van der Waals surface area contributed by atoms with E-state index in [0.717, 1.165) is 51.9 Å². The van der Waals surface area contributed by atoms with Crippen molar-refractivity contribution in [1.29, 1.82) is 0 Å². The van der Waals surface area contributed by atoms with Gasteiger partial charge in [0.15, 0.2) is 5.82 Å². The van der Waals surface area contributed by atoms with E-state index in [2.05, 4.69) is 35.4 Å². The first kappa shape index (κ1) is 20.5. The molecule has 5 nitrogen and oxygen atoms in total. The van der Waals surface area contributed by atoms with Gasteiger partial charge in [-0.1, -0.05) is 55.8 Å². The quantitative estimate of drug-likeness (QED) is 0.440. The molecule has 3 aromatic carbocycles. The summed E-state index contributed by atoms with van der Waals surface area (Å²) in [6.45, 7) is 2.09. The molecule has 0 fully saturated rings. The van der Waals surface area contributed by atoms with Gasteiger partial charge in [0.25, 0.3) is 0 Å². The summed E-state index contributed by atoms with van der Waals surface area (Å²) in [5.74, 6) is 1.23. The zero-order chi connectivity index (χ0) is 21.6. The van der Waals surface area contributed by atoms with Gasteiger partial charge in [0.05, 0.1) is 31.1 Å². The average molecular weight is 412 g/mol. The summed E-state index contributed by atoms with van der Waals surface area (Å²) < 4.78 is 5.22. The molecule has 31 heavy (non-hydrogen) atoms. The van der Waals surface area contributed by atoms with Gasteiger partial charge in [0.1, 0.15) is 5.75 Å². The predicted octanol–water partition coefficient (Wildman–Crippen LogP) is 5.44. The third kappa shape index (κ3) is 4.89. The normalized spacial score (nSPS) is 10.8. The summed E-state index contributed by atoms with van der Waals surface area (Å²) in [6, 6.07) is 21.9. The van der Waals surface area contributed by atoms with Gasteiger partial charge in [-0.2, -0.15) is 0 Å². The second-order valence-corrected chi connectivity index (χ2v) is 7.44. The minimum atomic E-state index is -0.0980. The number of rotatable bonds is 7. The van der Waals surface area contributed by atoms with Crippen LogP contribution >= 0.6 is 0 Å².